The largest absolute Gasteiger partial charge is 0.352 e. The predicted molar refractivity (Wildman–Crippen MR) is 127 cm³/mol. The molecule has 0 atom stereocenters. The van der Waals surface area contributed by atoms with Gasteiger partial charge >= 0.3 is 0 Å². The molecule has 7 heteroatoms. The van der Waals surface area contributed by atoms with Crippen LogP contribution in [-0.2, 0) is 24.1 Å². The third-order valence-corrected chi connectivity index (χ3v) is 8.90. The minimum atomic E-state index is 0.248. The van der Waals surface area contributed by atoms with E-state index in [9.17, 15) is 4.79 Å². The van der Waals surface area contributed by atoms with Crippen molar-refractivity contribution in [1.29, 1.82) is 0 Å². The van der Waals surface area contributed by atoms with Gasteiger partial charge in [0, 0.05) is 41.9 Å². The molecule has 0 unspecified atom stereocenters. The first-order valence-electron chi connectivity index (χ1n) is 11.6. The lowest BCUT2D eigenvalue weighted by Crippen LogP contribution is -2.49. The topological polar surface area (TPSA) is 49.3 Å². The fourth-order valence-electron chi connectivity index (χ4n) is 4.93. The Kier molecular flexibility index (Phi) is 5.19. The van der Waals surface area contributed by atoms with Gasteiger partial charge in [-0.05, 0) is 55.5 Å². The molecule has 0 spiro atoms. The number of carbonyl (C=O) groups excluding carboxylic acids is 1. The van der Waals surface area contributed by atoms with E-state index < -0.39 is 0 Å². The molecule has 3 aliphatic rings. The number of amides is 1. The fourth-order valence-corrected chi connectivity index (χ4v) is 6.88. The summed E-state index contributed by atoms with van der Waals surface area (Å²) in [4.78, 5) is 31.3. The van der Waals surface area contributed by atoms with Crippen LogP contribution in [0.5, 0.6) is 0 Å². The van der Waals surface area contributed by atoms with Crippen LogP contribution in [0.4, 0.5) is 5.82 Å². The number of hydrogen-bond donors (Lipinski definition) is 0. The van der Waals surface area contributed by atoms with Crippen LogP contribution in [-0.4, -0.2) is 47.0 Å². The number of rotatable bonds is 4. The van der Waals surface area contributed by atoms with Gasteiger partial charge in [0.2, 0.25) is 5.91 Å². The van der Waals surface area contributed by atoms with E-state index in [1.807, 2.05) is 27.7 Å². The molecular weight excluding hydrogens is 424 g/mol. The Morgan fingerprint density at radius 3 is 2.68 bits per heavy atom. The number of piperazine rings is 1. The molecule has 3 aromatic rings. The summed E-state index contributed by atoms with van der Waals surface area (Å²) in [5, 5.41) is 3.37. The Balaban J connectivity index is 1.28. The molecule has 1 saturated heterocycles. The number of hydrogen-bond acceptors (Lipinski definition) is 6. The summed E-state index contributed by atoms with van der Waals surface area (Å²) in [7, 11) is 0. The number of anilines is 1. The standard InChI is InChI=1S/C24H28N4OS2/c29-20(15-17-5-4-14-30-17)27-10-12-28(13-11-27)23-21-18-6-2-1-3-7-19(18)31-24(21)26-22(25-23)16-8-9-16/h4-5,14,16H,1-3,6-13,15H2. The Hall–Kier alpha value is -1.99. The minimum absolute atomic E-state index is 0.248. The molecule has 6 rings (SSSR count). The average molecular weight is 453 g/mol. The van der Waals surface area contributed by atoms with Crippen molar-refractivity contribution in [1.82, 2.24) is 14.9 Å². The molecule has 5 nitrogen and oxygen atoms in total. The summed E-state index contributed by atoms with van der Waals surface area (Å²) < 4.78 is 0. The molecule has 0 radical (unpaired) electrons. The third kappa shape index (κ3) is 3.87. The Bertz CT molecular complexity index is 1090. The zero-order valence-electron chi connectivity index (χ0n) is 17.8. The molecule has 162 valence electrons. The van der Waals surface area contributed by atoms with Crippen LogP contribution in [0.25, 0.3) is 10.2 Å². The number of fused-ring (bicyclic) bond motifs is 3. The number of aromatic nitrogens is 2. The van der Waals surface area contributed by atoms with E-state index in [0.29, 0.717) is 12.3 Å². The SMILES string of the molecule is O=C(Cc1cccs1)N1CCN(c2nc(C3CC3)nc3sc4c(c23)CCCCC4)CC1. The predicted octanol–water partition coefficient (Wildman–Crippen LogP) is 4.79. The number of carbonyl (C=O) groups is 1. The maximum Gasteiger partial charge on any atom is 0.227 e. The molecule has 1 saturated carbocycles. The summed E-state index contributed by atoms with van der Waals surface area (Å²) in [6.45, 7) is 3.27. The highest BCUT2D eigenvalue weighted by Crippen LogP contribution is 2.44. The highest BCUT2D eigenvalue weighted by atomic mass is 32.1. The lowest BCUT2D eigenvalue weighted by atomic mass is 10.1. The van der Waals surface area contributed by atoms with Gasteiger partial charge in [0.1, 0.15) is 16.5 Å². The molecule has 0 N–H and O–H groups in total. The summed E-state index contributed by atoms with van der Waals surface area (Å²) in [5.41, 5.74) is 1.52. The van der Waals surface area contributed by atoms with E-state index in [2.05, 4.69) is 11.0 Å². The van der Waals surface area contributed by atoms with Gasteiger partial charge in [-0.2, -0.15) is 0 Å². The summed E-state index contributed by atoms with van der Waals surface area (Å²) in [6, 6.07) is 4.07. The monoisotopic (exact) mass is 452 g/mol. The first-order valence-corrected chi connectivity index (χ1v) is 13.3. The van der Waals surface area contributed by atoms with Gasteiger partial charge in [-0.15, -0.1) is 22.7 Å². The third-order valence-electron chi connectivity index (χ3n) is 6.84. The molecule has 1 amide bonds. The lowest BCUT2D eigenvalue weighted by Gasteiger charge is -2.36. The molecule has 0 aromatic carbocycles. The maximum atomic E-state index is 12.8. The molecule has 1 aliphatic heterocycles. The Morgan fingerprint density at radius 1 is 1.06 bits per heavy atom. The molecule has 3 aromatic heterocycles. The van der Waals surface area contributed by atoms with E-state index in [0.717, 1.165) is 49.1 Å². The van der Waals surface area contributed by atoms with E-state index >= 15 is 0 Å². The maximum absolute atomic E-state index is 12.8. The quantitative estimate of drug-likeness (QED) is 0.534. The highest BCUT2D eigenvalue weighted by molar-refractivity contribution is 7.19. The van der Waals surface area contributed by atoms with Crippen molar-refractivity contribution in [2.75, 3.05) is 31.1 Å². The second kappa shape index (κ2) is 8.17. The first kappa shape index (κ1) is 19.7. The first-order chi connectivity index (χ1) is 15.3. The normalized spacial score (nSPS) is 19.5. The van der Waals surface area contributed by atoms with Gasteiger partial charge in [-0.25, -0.2) is 9.97 Å². The van der Waals surface area contributed by atoms with Crippen molar-refractivity contribution in [2.45, 2.75) is 57.3 Å². The van der Waals surface area contributed by atoms with Crippen LogP contribution in [0, 0.1) is 0 Å². The highest BCUT2D eigenvalue weighted by Gasteiger charge is 2.31. The summed E-state index contributed by atoms with van der Waals surface area (Å²) in [5.74, 6) is 3.00. The van der Waals surface area contributed by atoms with Crippen molar-refractivity contribution < 1.29 is 4.79 Å². The molecule has 0 bridgehead atoms. The molecule has 2 aliphatic carbocycles. The van der Waals surface area contributed by atoms with E-state index in [-0.39, 0.29) is 5.91 Å². The van der Waals surface area contributed by atoms with Crippen LogP contribution < -0.4 is 4.90 Å². The van der Waals surface area contributed by atoms with Crippen molar-refractivity contribution >= 4 is 44.6 Å². The lowest BCUT2D eigenvalue weighted by molar-refractivity contribution is -0.130. The van der Waals surface area contributed by atoms with E-state index in [4.69, 9.17) is 9.97 Å². The Labute approximate surface area is 191 Å². The van der Waals surface area contributed by atoms with Gasteiger partial charge in [0.25, 0.3) is 0 Å². The fraction of sp³-hybridized carbons (Fsp3) is 0.542. The van der Waals surface area contributed by atoms with Crippen LogP contribution in [0.2, 0.25) is 0 Å². The second-order valence-corrected chi connectivity index (χ2v) is 11.2. The number of thiophene rings is 2. The summed E-state index contributed by atoms with van der Waals surface area (Å²) in [6.07, 6.45) is 9.22. The minimum Gasteiger partial charge on any atom is -0.352 e. The molecule has 2 fully saturated rings. The second-order valence-electron chi connectivity index (χ2n) is 9.05. The van der Waals surface area contributed by atoms with E-state index in [1.165, 1.54) is 54.3 Å². The molecular formula is C24H28N4OS2. The number of aryl methyl sites for hydroxylation is 2. The molecule has 4 heterocycles. The van der Waals surface area contributed by atoms with Gasteiger partial charge in [-0.1, -0.05) is 12.5 Å². The van der Waals surface area contributed by atoms with Crippen molar-refractivity contribution in [2.24, 2.45) is 0 Å². The van der Waals surface area contributed by atoms with E-state index in [1.54, 1.807) is 16.2 Å². The van der Waals surface area contributed by atoms with Gasteiger partial charge < -0.3 is 9.80 Å². The smallest absolute Gasteiger partial charge is 0.227 e. The van der Waals surface area contributed by atoms with Gasteiger partial charge in [0.15, 0.2) is 0 Å². The van der Waals surface area contributed by atoms with Crippen LogP contribution in [0.15, 0.2) is 17.5 Å². The number of nitrogens with zero attached hydrogens (tertiary/aromatic N) is 4. The van der Waals surface area contributed by atoms with Crippen LogP contribution in [0.3, 0.4) is 0 Å². The molecule has 31 heavy (non-hydrogen) atoms. The van der Waals surface area contributed by atoms with Crippen LogP contribution in [0.1, 0.15) is 59.2 Å². The average Bonchev–Trinajstić information content (AvgIpc) is 3.48. The zero-order chi connectivity index (χ0) is 20.8. The van der Waals surface area contributed by atoms with Crippen molar-refractivity contribution in [3.63, 3.8) is 0 Å². The van der Waals surface area contributed by atoms with Crippen molar-refractivity contribution in [3.8, 4) is 0 Å². The zero-order valence-corrected chi connectivity index (χ0v) is 19.4. The van der Waals surface area contributed by atoms with Crippen molar-refractivity contribution in [3.05, 3.63) is 38.7 Å². The van der Waals surface area contributed by atoms with Gasteiger partial charge in [-0.3, -0.25) is 4.79 Å². The Morgan fingerprint density at radius 2 is 1.90 bits per heavy atom. The van der Waals surface area contributed by atoms with Crippen LogP contribution >= 0.6 is 22.7 Å². The summed E-state index contributed by atoms with van der Waals surface area (Å²) >= 11 is 3.58. The van der Waals surface area contributed by atoms with Gasteiger partial charge in [0.05, 0.1) is 11.8 Å².